The number of nitrogens with zero attached hydrogens (tertiary/aromatic N) is 5. The van der Waals surface area contributed by atoms with E-state index in [2.05, 4.69) is 10.6 Å². The van der Waals surface area contributed by atoms with Crippen LogP contribution in [0, 0.1) is 6.92 Å². The minimum absolute atomic E-state index is 0.171. The van der Waals surface area contributed by atoms with E-state index in [0.717, 1.165) is 51.0 Å². The molecule has 0 fully saturated rings. The van der Waals surface area contributed by atoms with Gasteiger partial charge in [0.05, 0.1) is 34.9 Å². The summed E-state index contributed by atoms with van der Waals surface area (Å²) in [5.41, 5.74) is 4.93. The Kier molecular flexibility index (Phi) is 5.49. The van der Waals surface area contributed by atoms with Crippen molar-refractivity contribution in [2.75, 3.05) is 22.1 Å². The molecule has 2 N–H and O–H groups in total. The predicted molar refractivity (Wildman–Crippen MR) is 168 cm³/mol. The molecule has 0 unspecified atom stereocenters. The second kappa shape index (κ2) is 9.42. The average Bonchev–Trinajstić information content (AvgIpc) is 3.52. The Morgan fingerprint density at radius 3 is 2.44 bits per heavy atom. The van der Waals surface area contributed by atoms with Gasteiger partial charge in [-0.05, 0) is 68.4 Å². The number of ether oxygens (including phenoxy) is 1. The highest BCUT2D eigenvalue weighted by molar-refractivity contribution is 6.53. The number of rotatable bonds is 4. The summed E-state index contributed by atoms with van der Waals surface area (Å²) in [4.78, 5) is 26.9. The number of anilines is 3. The molecule has 0 bridgehead atoms. The van der Waals surface area contributed by atoms with E-state index in [1.54, 1.807) is 0 Å². The summed E-state index contributed by atoms with van der Waals surface area (Å²) < 4.78 is 7.46. The fourth-order valence-electron chi connectivity index (χ4n) is 6.32. The SMILES string of the molecule is CCOc1ccc(NC2=Nc3ccccc3N3C2=Nc2c(c(C)nn2-c2ccccc2)[C@]32C(=O)Nc3ccccc32)cc1. The molecule has 9 heteroatoms. The molecule has 1 atom stereocenters. The molecular formula is C34H27N7O2. The van der Waals surface area contributed by atoms with Gasteiger partial charge in [0, 0.05) is 16.9 Å². The number of hydrogen-bond acceptors (Lipinski definition) is 7. The molecule has 1 aromatic heterocycles. The lowest BCUT2D eigenvalue weighted by molar-refractivity contribution is -0.119. The molecule has 3 aliphatic rings. The Morgan fingerprint density at radius 1 is 0.884 bits per heavy atom. The van der Waals surface area contributed by atoms with Gasteiger partial charge in [-0.3, -0.25) is 9.69 Å². The minimum atomic E-state index is -1.28. The van der Waals surface area contributed by atoms with Crippen molar-refractivity contribution in [1.82, 2.24) is 9.78 Å². The van der Waals surface area contributed by atoms with Crippen LogP contribution in [0.4, 0.5) is 28.6 Å². The lowest BCUT2D eigenvalue weighted by Gasteiger charge is -2.46. The molecule has 8 rings (SSSR count). The number of amidine groups is 2. The Morgan fingerprint density at radius 2 is 1.63 bits per heavy atom. The maximum Gasteiger partial charge on any atom is 0.260 e. The van der Waals surface area contributed by atoms with Crippen molar-refractivity contribution < 1.29 is 9.53 Å². The van der Waals surface area contributed by atoms with Gasteiger partial charge in [-0.25, -0.2) is 14.7 Å². The van der Waals surface area contributed by atoms with E-state index in [0.29, 0.717) is 24.1 Å². The van der Waals surface area contributed by atoms with Crippen LogP contribution in [0.1, 0.15) is 23.7 Å². The number of para-hydroxylation sites is 4. The average molecular weight is 566 g/mol. The fourth-order valence-corrected chi connectivity index (χ4v) is 6.32. The number of amides is 1. The van der Waals surface area contributed by atoms with Gasteiger partial charge in [0.1, 0.15) is 5.75 Å². The zero-order valence-electron chi connectivity index (χ0n) is 23.6. The topological polar surface area (TPSA) is 96.1 Å². The molecule has 0 radical (unpaired) electrons. The van der Waals surface area contributed by atoms with E-state index in [1.165, 1.54) is 0 Å². The van der Waals surface area contributed by atoms with Crippen LogP contribution in [0.2, 0.25) is 0 Å². The Labute approximate surface area is 248 Å². The first-order valence-electron chi connectivity index (χ1n) is 14.2. The van der Waals surface area contributed by atoms with Crippen molar-refractivity contribution in [3.8, 4) is 11.4 Å². The number of carbonyl (C=O) groups is 1. The van der Waals surface area contributed by atoms with Crippen molar-refractivity contribution in [3.63, 3.8) is 0 Å². The maximum absolute atomic E-state index is 14.6. The summed E-state index contributed by atoms with van der Waals surface area (Å²) >= 11 is 0. The molecule has 9 nitrogen and oxygen atoms in total. The standard InChI is InChI=1S/C34H27N7O2/c1-3-43-24-19-17-22(18-20-24)35-30-32-38-31-29(21(2)39-41(31)23-11-5-4-6-12-23)34(25-13-7-8-14-26(25)37-33(34)42)40(32)28-16-10-9-15-27(28)36-30/h4-20H,3H2,1-2H3,(H,35,36)(H,37,42)/t34-/m1/s1. The van der Waals surface area contributed by atoms with E-state index >= 15 is 0 Å². The first-order chi connectivity index (χ1) is 21.1. The summed E-state index contributed by atoms with van der Waals surface area (Å²) in [6.07, 6.45) is 0. The van der Waals surface area contributed by atoms with Crippen LogP contribution in [0.15, 0.2) is 113 Å². The molecule has 1 amide bonds. The Bertz CT molecular complexity index is 1980. The zero-order valence-corrected chi connectivity index (χ0v) is 23.6. The molecule has 43 heavy (non-hydrogen) atoms. The van der Waals surface area contributed by atoms with Crippen LogP contribution in [0.5, 0.6) is 5.75 Å². The number of nitrogens with one attached hydrogen (secondary N) is 2. The fraction of sp³-hybridized carbons (Fsp3) is 0.118. The lowest BCUT2D eigenvalue weighted by Crippen LogP contribution is -2.60. The molecule has 5 aromatic rings. The Hall–Kier alpha value is -5.70. The van der Waals surface area contributed by atoms with Crippen LogP contribution in [-0.2, 0) is 10.3 Å². The quantitative estimate of drug-likeness (QED) is 0.260. The van der Waals surface area contributed by atoms with E-state index in [1.807, 2.05) is 127 Å². The van der Waals surface area contributed by atoms with Gasteiger partial charge in [-0.2, -0.15) is 5.10 Å². The first kappa shape index (κ1) is 25.0. The minimum Gasteiger partial charge on any atom is -0.494 e. The highest BCUT2D eigenvalue weighted by Crippen LogP contribution is 2.55. The largest absolute Gasteiger partial charge is 0.494 e. The van der Waals surface area contributed by atoms with Gasteiger partial charge in [0.15, 0.2) is 23.0 Å². The molecule has 4 aromatic carbocycles. The first-order valence-corrected chi connectivity index (χ1v) is 14.2. The zero-order chi connectivity index (χ0) is 29.1. The van der Waals surface area contributed by atoms with Crippen LogP contribution in [-0.4, -0.2) is 34.0 Å². The van der Waals surface area contributed by atoms with Crippen LogP contribution < -0.4 is 20.3 Å². The van der Waals surface area contributed by atoms with Crippen LogP contribution in [0.25, 0.3) is 5.69 Å². The summed E-state index contributed by atoms with van der Waals surface area (Å²) in [5, 5.41) is 11.6. The van der Waals surface area contributed by atoms with E-state index < -0.39 is 5.54 Å². The van der Waals surface area contributed by atoms with Crippen molar-refractivity contribution >= 4 is 46.1 Å². The predicted octanol–water partition coefficient (Wildman–Crippen LogP) is 6.48. The molecule has 3 aliphatic heterocycles. The van der Waals surface area contributed by atoms with Gasteiger partial charge in [-0.1, -0.05) is 48.5 Å². The molecule has 0 aliphatic carbocycles. The number of aryl methyl sites for hydroxylation is 1. The van der Waals surface area contributed by atoms with Crippen LogP contribution >= 0.6 is 0 Å². The number of fused-ring (bicyclic) bond motifs is 8. The third-order valence-corrected chi connectivity index (χ3v) is 8.05. The monoisotopic (exact) mass is 565 g/mol. The molecule has 4 heterocycles. The lowest BCUT2D eigenvalue weighted by atomic mass is 9.79. The number of aromatic nitrogens is 2. The molecular weight excluding hydrogens is 538 g/mol. The molecule has 0 saturated carbocycles. The summed E-state index contributed by atoms with van der Waals surface area (Å²) in [7, 11) is 0. The number of aliphatic imine (C=N–C) groups is 2. The second-order valence-electron chi connectivity index (χ2n) is 10.5. The summed E-state index contributed by atoms with van der Waals surface area (Å²) in [6.45, 7) is 4.49. The van der Waals surface area contributed by atoms with Gasteiger partial charge in [-0.15, -0.1) is 0 Å². The second-order valence-corrected chi connectivity index (χ2v) is 10.5. The number of benzene rings is 4. The third kappa shape index (κ3) is 3.57. The molecule has 0 saturated heterocycles. The van der Waals surface area contributed by atoms with E-state index in [4.69, 9.17) is 19.8 Å². The van der Waals surface area contributed by atoms with E-state index in [9.17, 15) is 4.79 Å². The third-order valence-electron chi connectivity index (χ3n) is 8.05. The van der Waals surface area contributed by atoms with Gasteiger partial charge in [0.2, 0.25) is 0 Å². The van der Waals surface area contributed by atoms with Gasteiger partial charge < -0.3 is 15.4 Å². The van der Waals surface area contributed by atoms with Crippen molar-refractivity contribution in [2.24, 2.45) is 9.98 Å². The van der Waals surface area contributed by atoms with E-state index in [-0.39, 0.29) is 5.91 Å². The van der Waals surface area contributed by atoms with Crippen molar-refractivity contribution in [1.29, 1.82) is 0 Å². The number of hydrogen-bond donors (Lipinski definition) is 2. The summed E-state index contributed by atoms with van der Waals surface area (Å²) in [6, 6.07) is 33.3. The molecule has 1 spiro atoms. The van der Waals surface area contributed by atoms with Gasteiger partial charge >= 0.3 is 0 Å². The van der Waals surface area contributed by atoms with Gasteiger partial charge in [0.25, 0.3) is 5.91 Å². The Balaban J connectivity index is 1.42. The highest BCUT2D eigenvalue weighted by Gasteiger charge is 2.60. The maximum atomic E-state index is 14.6. The number of carbonyl (C=O) groups excluding carboxylic acids is 1. The van der Waals surface area contributed by atoms with Crippen LogP contribution in [0.3, 0.4) is 0 Å². The highest BCUT2D eigenvalue weighted by atomic mass is 16.5. The summed E-state index contributed by atoms with van der Waals surface area (Å²) in [5.74, 6) is 2.23. The normalized spacial score (nSPS) is 17.7. The van der Waals surface area contributed by atoms with Crippen molar-refractivity contribution in [2.45, 2.75) is 19.4 Å². The molecule has 210 valence electrons. The smallest absolute Gasteiger partial charge is 0.260 e. The van der Waals surface area contributed by atoms with Crippen molar-refractivity contribution in [3.05, 3.63) is 120 Å².